The molecule has 0 spiro atoms. The molecule has 0 aliphatic heterocycles. The lowest BCUT2D eigenvalue weighted by atomic mass is 10.2. The number of nitrogens with one attached hydrogen (secondary N) is 2. The van der Waals surface area contributed by atoms with Gasteiger partial charge < -0.3 is 15.2 Å². The zero-order chi connectivity index (χ0) is 15.6. The lowest BCUT2D eigenvalue weighted by molar-refractivity contribution is -0.383. The standard InChI is InChI=1S/C13H17N5O3/c1-8(17(2)3)6-14-11-5-10-9(4-12(11)18(20)21)13(19)16-7-15-10/h4-5,7-8,14H,6H2,1-3H3,(H,15,16,19). The first-order chi connectivity index (χ1) is 9.90. The van der Waals surface area contributed by atoms with Gasteiger partial charge in [0.15, 0.2) is 0 Å². The quantitative estimate of drug-likeness (QED) is 0.633. The predicted molar refractivity (Wildman–Crippen MR) is 80.7 cm³/mol. The van der Waals surface area contributed by atoms with Gasteiger partial charge in [0.05, 0.1) is 22.2 Å². The van der Waals surface area contributed by atoms with Crippen molar-refractivity contribution in [1.29, 1.82) is 0 Å². The summed E-state index contributed by atoms with van der Waals surface area (Å²) in [4.78, 5) is 30.8. The Kier molecular flexibility index (Phi) is 4.18. The average molecular weight is 291 g/mol. The number of hydrogen-bond acceptors (Lipinski definition) is 6. The van der Waals surface area contributed by atoms with Crippen LogP contribution >= 0.6 is 0 Å². The Hall–Kier alpha value is -2.48. The van der Waals surface area contributed by atoms with Crippen LogP contribution in [-0.4, -0.2) is 46.5 Å². The molecule has 0 bridgehead atoms. The molecule has 0 saturated carbocycles. The Balaban J connectivity index is 2.44. The maximum atomic E-state index is 11.7. The van der Waals surface area contributed by atoms with E-state index in [0.717, 1.165) is 0 Å². The third-order valence-electron chi connectivity index (χ3n) is 3.42. The molecule has 2 aromatic rings. The van der Waals surface area contributed by atoms with Crippen LogP contribution in [-0.2, 0) is 0 Å². The number of H-pyrrole nitrogens is 1. The van der Waals surface area contributed by atoms with Crippen molar-refractivity contribution in [2.45, 2.75) is 13.0 Å². The van der Waals surface area contributed by atoms with E-state index in [1.54, 1.807) is 0 Å². The molecule has 0 amide bonds. The number of nitro groups is 1. The predicted octanol–water partition coefficient (Wildman–Crippen LogP) is 1.19. The van der Waals surface area contributed by atoms with E-state index in [2.05, 4.69) is 15.3 Å². The molecule has 0 radical (unpaired) electrons. The van der Waals surface area contributed by atoms with Crippen LogP contribution in [0.1, 0.15) is 6.92 Å². The van der Waals surface area contributed by atoms with Crippen LogP contribution in [0.5, 0.6) is 0 Å². The van der Waals surface area contributed by atoms with Crippen molar-refractivity contribution in [2.24, 2.45) is 0 Å². The SMILES string of the molecule is CC(CNc1cc2nc[nH]c(=O)c2cc1[N+](=O)[O-])N(C)C. The van der Waals surface area contributed by atoms with Crippen molar-refractivity contribution >= 4 is 22.3 Å². The summed E-state index contributed by atoms with van der Waals surface area (Å²) in [5.74, 6) is 0. The molecule has 0 fully saturated rings. The van der Waals surface area contributed by atoms with Crippen LogP contribution in [0.3, 0.4) is 0 Å². The minimum atomic E-state index is -0.505. The summed E-state index contributed by atoms with van der Waals surface area (Å²) in [6.45, 7) is 2.55. The first-order valence-electron chi connectivity index (χ1n) is 6.46. The maximum absolute atomic E-state index is 11.7. The van der Waals surface area contributed by atoms with Gasteiger partial charge in [-0.3, -0.25) is 14.9 Å². The number of anilines is 1. The molecule has 1 heterocycles. The van der Waals surface area contributed by atoms with Crippen LogP contribution in [0.4, 0.5) is 11.4 Å². The summed E-state index contributed by atoms with van der Waals surface area (Å²) < 4.78 is 0. The van der Waals surface area contributed by atoms with Crippen molar-refractivity contribution < 1.29 is 4.92 Å². The van der Waals surface area contributed by atoms with Gasteiger partial charge in [-0.15, -0.1) is 0 Å². The Morgan fingerprint density at radius 3 is 2.81 bits per heavy atom. The first kappa shape index (κ1) is 14.9. The smallest absolute Gasteiger partial charge is 0.293 e. The Morgan fingerprint density at radius 2 is 2.19 bits per heavy atom. The van der Waals surface area contributed by atoms with Gasteiger partial charge in [-0.05, 0) is 27.1 Å². The average Bonchev–Trinajstić information content (AvgIpc) is 2.43. The molecule has 112 valence electrons. The molecule has 0 saturated heterocycles. The Bertz CT molecular complexity index is 725. The van der Waals surface area contributed by atoms with Crippen molar-refractivity contribution in [1.82, 2.24) is 14.9 Å². The fraction of sp³-hybridized carbons (Fsp3) is 0.385. The molecule has 0 aliphatic rings. The third kappa shape index (κ3) is 3.16. The summed E-state index contributed by atoms with van der Waals surface area (Å²) in [5.41, 5.74) is 0.256. The second-order valence-electron chi connectivity index (χ2n) is 5.07. The van der Waals surface area contributed by atoms with Gasteiger partial charge in [-0.1, -0.05) is 0 Å². The molecule has 1 unspecified atom stereocenters. The number of nitrogens with zero attached hydrogens (tertiary/aromatic N) is 3. The fourth-order valence-electron chi connectivity index (χ4n) is 1.84. The van der Waals surface area contributed by atoms with Crippen molar-refractivity contribution in [3.8, 4) is 0 Å². The summed E-state index contributed by atoms with van der Waals surface area (Å²) >= 11 is 0. The van der Waals surface area contributed by atoms with E-state index in [1.807, 2.05) is 25.9 Å². The number of hydrogen-bond donors (Lipinski definition) is 2. The molecule has 8 nitrogen and oxygen atoms in total. The van der Waals surface area contributed by atoms with Gasteiger partial charge in [-0.25, -0.2) is 4.98 Å². The molecular formula is C13H17N5O3. The highest BCUT2D eigenvalue weighted by Crippen LogP contribution is 2.27. The number of aromatic nitrogens is 2. The molecule has 0 aliphatic carbocycles. The summed E-state index contributed by atoms with van der Waals surface area (Å²) in [6, 6.07) is 2.99. The second kappa shape index (κ2) is 5.88. The normalized spacial score (nSPS) is 12.6. The summed E-state index contributed by atoms with van der Waals surface area (Å²) in [5, 5.41) is 14.4. The van der Waals surface area contributed by atoms with Gasteiger partial charge in [0.25, 0.3) is 11.2 Å². The third-order valence-corrected chi connectivity index (χ3v) is 3.42. The minimum absolute atomic E-state index is 0.132. The van der Waals surface area contributed by atoms with Crippen molar-refractivity contribution in [3.05, 3.63) is 38.9 Å². The Morgan fingerprint density at radius 1 is 1.48 bits per heavy atom. The highest BCUT2D eigenvalue weighted by atomic mass is 16.6. The van der Waals surface area contributed by atoms with E-state index in [4.69, 9.17) is 0 Å². The minimum Gasteiger partial charge on any atom is -0.378 e. The zero-order valence-corrected chi connectivity index (χ0v) is 12.1. The summed E-state index contributed by atoms with van der Waals surface area (Å²) in [7, 11) is 3.87. The Labute approximate surface area is 121 Å². The van der Waals surface area contributed by atoms with E-state index in [0.29, 0.717) is 17.7 Å². The first-order valence-corrected chi connectivity index (χ1v) is 6.46. The van der Waals surface area contributed by atoms with Gasteiger partial charge in [-0.2, -0.15) is 0 Å². The van der Waals surface area contributed by atoms with E-state index in [1.165, 1.54) is 18.5 Å². The van der Waals surface area contributed by atoms with E-state index >= 15 is 0 Å². The number of aromatic amines is 1. The lowest BCUT2D eigenvalue weighted by Gasteiger charge is -2.20. The van der Waals surface area contributed by atoms with Crippen LogP contribution in [0.2, 0.25) is 0 Å². The highest BCUT2D eigenvalue weighted by molar-refractivity contribution is 5.86. The molecule has 1 aromatic carbocycles. The number of fused-ring (bicyclic) bond motifs is 1. The van der Waals surface area contributed by atoms with Crippen LogP contribution < -0.4 is 10.9 Å². The second-order valence-corrected chi connectivity index (χ2v) is 5.07. The molecule has 2 N–H and O–H groups in total. The largest absolute Gasteiger partial charge is 0.378 e. The van der Waals surface area contributed by atoms with Gasteiger partial charge >= 0.3 is 0 Å². The molecule has 1 atom stereocenters. The van der Waals surface area contributed by atoms with Crippen LogP contribution in [0, 0.1) is 10.1 Å². The van der Waals surface area contributed by atoms with Crippen molar-refractivity contribution in [3.63, 3.8) is 0 Å². The molecule has 1 aromatic heterocycles. The summed E-state index contributed by atoms with van der Waals surface area (Å²) in [6.07, 6.45) is 1.28. The van der Waals surface area contributed by atoms with Crippen molar-refractivity contribution in [2.75, 3.05) is 26.0 Å². The topological polar surface area (TPSA) is 104 Å². The molecule has 2 rings (SSSR count). The number of likely N-dealkylation sites (N-methyl/N-ethyl adjacent to an activating group) is 1. The lowest BCUT2D eigenvalue weighted by Crippen LogP contribution is -2.31. The number of benzene rings is 1. The van der Waals surface area contributed by atoms with E-state index < -0.39 is 10.5 Å². The highest BCUT2D eigenvalue weighted by Gasteiger charge is 2.17. The number of nitro benzene ring substituents is 1. The zero-order valence-electron chi connectivity index (χ0n) is 12.1. The van der Waals surface area contributed by atoms with E-state index in [-0.39, 0.29) is 17.1 Å². The van der Waals surface area contributed by atoms with Crippen LogP contribution in [0.25, 0.3) is 10.9 Å². The van der Waals surface area contributed by atoms with E-state index in [9.17, 15) is 14.9 Å². The molecule has 21 heavy (non-hydrogen) atoms. The van der Waals surface area contributed by atoms with Crippen LogP contribution in [0.15, 0.2) is 23.3 Å². The van der Waals surface area contributed by atoms with Gasteiger partial charge in [0, 0.05) is 18.7 Å². The monoisotopic (exact) mass is 291 g/mol. The van der Waals surface area contributed by atoms with Gasteiger partial charge in [0.2, 0.25) is 0 Å². The molecule has 8 heteroatoms. The molecular weight excluding hydrogens is 274 g/mol. The fourth-order valence-corrected chi connectivity index (χ4v) is 1.84. The maximum Gasteiger partial charge on any atom is 0.293 e. The number of rotatable bonds is 5. The van der Waals surface area contributed by atoms with Gasteiger partial charge in [0.1, 0.15) is 5.69 Å².